The number of carbonyl (C=O) groups excluding carboxylic acids is 1. The van der Waals surface area contributed by atoms with Crippen LogP contribution in [0.15, 0.2) is 54.6 Å². The molecule has 2 heterocycles. The molecule has 0 radical (unpaired) electrons. The molecule has 1 aliphatic rings. The zero-order valence-corrected chi connectivity index (χ0v) is 18.0. The average molecular weight is 420 g/mol. The van der Waals surface area contributed by atoms with Crippen LogP contribution in [0.25, 0.3) is 11.0 Å². The van der Waals surface area contributed by atoms with Crippen molar-refractivity contribution in [3.8, 4) is 6.07 Å². The van der Waals surface area contributed by atoms with Crippen molar-refractivity contribution in [2.24, 2.45) is 7.05 Å². The van der Waals surface area contributed by atoms with Gasteiger partial charge >= 0.3 is 0 Å². The van der Waals surface area contributed by atoms with Crippen LogP contribution in [-0.2, 0) is 11.8 Å². The second-order valence-corrected chi connectivity index (χ2v) is 8.67. The van der Waals surface area contributed by atoms with Gasteiger partial charge in [0.25, 0.3) is 0 Å². The third kappa shape index (κ3) is 3.75. The summed E-state index contributed by atoms with van der Waals surface area (Å²) in [5.41, 5.74) is 2.91. The van der Waals surface area contributed by atoms with E-state index in [1.54, 1.807) is 11.8 Å². The van der Waals surface area contributed by atoms with E-state index in [9.17, 15) is 10.1 Å². The SMILES string of the molecule is CCN1C(=O)C(CCNc2ccccc2)SC1[C@H](C#N)c1nc2ccccc2n1C. The molecule has 1 amide bonds. The van der Waals surface area contributed by atoms with Gasteiger partial charge in [-0.2, -0.15) is 5.26 Å². The third-order valence-corrected chi connectivity index (χ3v) is 7.12. The van der Waals surface area contributed by atoms with Crippen molar-refractivity contribution in [3.63, 3.8) is 0 Å². The Morgan fingerprint density at radius 1 is 1.20 bits per heavy atom. The van der Waals surface area contributed by atoms with E-state index in [2.05, 4.69) is 11.4 Å². The zero-order valence-electron chi connectivity index (χ0n) is 17.2. The number of anilines is 1. The van der Waals surface area contributed by atoms with E-state index < -0.39 is 5.92 Å². The van der Waals surface area contributed by atoms with E-state index in [1.165, 1.54) is 0 Å². The third-order valence-electron chi connectivity index (χ3n) is 5.54. The number of fused-ring (bicyclic) bond motifs is 1. The van der Waals surface area contributed by atoms with Gasteiger partial charge in [-0.05, 0) is 37.6 Å². The van der Waals surface area contributed by atoms with Gasteiger partial charge in [0.2, 0.25) is 5.91 Å². The molecule has 2 aromatic carbocycles. The molecule has 1 aliphatic heterocycles. The Morgan fingerprint density at radius 3 is 2.63 bits per heavy atom. The normalized spacial score (nSPS) is 19.8. The number of para-hydroxylation sites is 3. The van der Waals surface area contributed by atoms with Gasteiger partial charge in [-0.15, -0.1) is 11.8 Å². The summed E-state index contributed by atoms with van der Waals surface area (Å²) >= 11 is 1.59. The highest BCUT2D eigenvalue weighted by atomic mass is 32.2. The number of amides is 1. The lowest BCUT2D eigenvalue weighted by Crippen LogP contribution is -2.37. The Labute approximate surface area is 180 Å². The molecule has 7 heteroatoms. The topological polar surface area (TPSA) is 74.0 Å². The molecular weight excluding hydrogens is 394 g/mol. The Balaban J connectivity index is 1.52. The van der Waals surface area contributed by atoms with E-state index in [4.69, 9.17) is 4.98 Å². The molecule has 3 aromatic rings. The van der Waals surface area contributed by atoms with E-state index in [0.717, 1.165) is 16.7 Å². The van der Waals surface area contributed by atoms with E-state index >= 15 is 0 Å². The first-order valence-corrected chi connectivity index (χ1v) is 11.1. The second kappa shape index (κ2) is 8.80. The maximum Gasteiger partial charge on any atom is 0.236 e. The van der Waals surface area contributed by atoms with Crippen LogP contribution in [0.4, 0.5) is 5.69 Å². The molecule has 0 saturated carbocycles. The van der Waals surface area contributed by atoms with Gasteiger partial charge in [0.15, 0.2) is 0 Å². The lowest BCUT2D eigenvalue weighted by atomic mass is 10.1. The summed E-state index contributed by atoms with van der Waals surface area (Å²) in [7, 11) is 1.94. The van der Waals surface area contributed by atoms with Crippen LogP contribution in [0.5, 0.6) is 0 Å². The van der Waals surface area contributed by atoms with Crippen molar-refractivity contribution in [2.45, 2.75) is 29.9 Å². The van der Waals surface area contributed by atoms with Crippen molar-refractivity contribution in [2.75, 3.05) is 18.4 Å². The number of aromatic nitrogens is 2. The van der Waals surface area contributed by atoms with Crippen LogP contribution in [0.3, 0.4) is 0 Å². The van der Waals surface area contributed by atoms with Crippen LogP contribution >= 0.6 is 11.8 Å². The zero-order chi connectivity index (χ0) is 21.1. The molecule has 1 aromatic heterocycles. The lowest BCUT2D eigenvalue weighted by molar-refractivity contribution is -0.129. The predicted octanol–water partition coefficient (Wildman–Crippen LogP) is 3.97. The summed E-state index contributed by atoms with van der Waals surface area (Å²) in [4.78, 5) is 19.6. The Morgan fingerprint density at radius 2 is 1.93 bits per heavy atom. The molecular formula is C23H25N5OS. The number of hydrogen-bond donors (Lipinski definition) is 1. The number of thioether (sulfide) groups is 1. The smallest absolute Gasteiger partial charge is 0.236 e. The van der Waals surface area contributed by atoms with Crippen molar-refractivity contribution in [3.05, 3.63) is 60.4 Å². The van der Waals surface area contributed by atoms with Crippen LogP contribution in [0.1, 0.15) is 25.1 Å². The molecule has 1 N–H and O–H groups in total. The average Bonchev–Trinajstić information content (AvgIpc) is 3.27. The highest BCUT2D eigenvalue weighted by molar-refractivity contribution is 8.01. The number of carbonyl (C=O) groups is 1. The summed E-state index contributed by atoms with van der Waals surface area (Å²) < 4.78 is 1.98. The maximum absolute atomic E-state index is 13.0. The fourth-order valence-corrected chi connectivity index (χ4v) is 5.57. The number of likely N-dealkylation sites (N-methyl/N-ethyl adjacent to an activating group) is 1. The monoisotopic (exact) mass is 419 g/mol. The van der Waals surface area contributed by atoms with Crippen molar-refractivity contribution in [1.82, 2.24) is 14.5 Å². The van der Waals surface area contributed by atoms with E-state index in [1.807, 2.05) is 78.0 Å². The molecule has 0 bridgehead atoms. The van der Waals surface area contributed by atoms with Gasteiger partial charge in [0.1, 0.15) is 17.1 Å². The van der Waals surface area contributed by atoms with Crippen LogP contribution in [0, 0.1) is 11.3 Å². The van der Waals surface area contributed by atoms with Gasteiger partial charge < -0.3 is 14.8 Å². The fourth-order valence-electron chi connectivity index (χ4n) is 3.99. The van der Waals surface area contributed by atoms with Crippen LogP contribution in [-0.4, -0.2) is 44.1 Å². The second-order valence-electron chi connectivity index (χ2n) is 7.35. The summed E-state index contributed by atoms with van der Waals surface area (Å²) in [6.45, 7) is 3.27. The quantitative estimate of drug-likeness (QED) is 0.627. The number of imidazole rings is 1. The molecule has 6 nitrogen and oxygen atoms in total. The first-order chi connectivity index (χ1) is 14.6. The maximum atomic E-state index is 13.0. The molecule has 3 atom stereocenters. The van der Waals surface area contributed by atoms with Gasteiger partial charge in [-0.25, -0.2) is 4.98 Å². The fraction of sp³-hybridized carbons (Fsp3) is 0.348. The number of nitrogens with one attached hydrogen (secondary N) is 1. The van der Waals surface area contributed by atoms with Crippen molar-refractivity contribution in [1.29, 1.82) is 5.26 Å². The highest BCUT2D eigenvalue weighted by Gasteiger charge is 2.44. The van der Waals surface area contributed by atoms with E-state index in [-0.39, 0.29) is 16.5 Å². The summed E-state index contributed by atoms with van der Waals surface area (Å²) in [6, 6.07) is 20.3. The Hall–Kier alpha value is -2.98. The van der Waals surface area contributed by atoms with Crippen LogP contribution in [0.2, 0.25) is 0 Å². The summed E-state index contributed by atoms with van der Waals surface area (Å²) in [6.07, 6.45) is 0.714. The van der Waals surface area contributed by atoms with E-state index in [0.29, 0.717) is 25.3 Å². The van der Waals surface area contributed by atoms with Gasteiger partial charge in [0.05, 0.1) is 22.4 Å². The number of nitriles is 1. The lowest BCUT2D eigenvalue weighted by Gasteiger charge is -2.25. The Kier molecular flexibility index (Phi) is 5.96. The Bertz CT molecular complexity index is 1070. The first kappa shape index (κ1) is 20.3. The standard InChI is InChI=1S/C23H25N5OS/c1-3-28-22(29)20(13-14-25-16-9-5-4-6-10-16)30-23(28)17(15-24)21-26-18-11-7-8-12-19(18)27(21)2/h4-12,17,20,23,25H,3,13-14H2,1-2H3/t17-,20?,23?/m1/s1. The number of benzene rings is 2. The minimum atomic E-state index is -0.483. The minimum absolute atomic E-state index is 0.112. The van der Waals surface area contributed by atoms with Crippen molar-refractivity contribution >= 4 is 34.4 Å². The van der Waals surface area contributed by atoms with Gasteiger partial charge in [-0.1, -0.05) is 30.3 Å². The summed E-state index contributed by atoms with van der Waals surface area (Å²) in [5.74, 6) is 0.343. The first-order valence-electron chi connectivity index (χ1n) is 10.2. The molecule has 0 spiro atoms. The molecule has 2 unspecified atom stereocenters. The number of hydrogen-bond acceptors (Lipinski definition) is 5. The molecule has 1 fully saturated rings. The molecule has 1 saturated heterocycles. The van der Waals surface area contributed by atoms with Crippen molar-refractivity contribution < 1.29 is 4.79 Å². The number of rotatable bonds is 7. The minimum Gasteiger partial charge on any atom is -0.385 e. The number of aryl methyl sites for hydroxylation is 1. The van der Waals surface area contributed by atoms with Crippen LogP contribution < -0.4 is 5.32 Å². The predicted molar refractivity (Wildman–Crippen MR) is 121 cm³/mol. The van der Waals surface area contributed by atoms with Gasteiger partial charge in [0, 0.05) is 25.8 Å². The molecule has 4 rings (SSSR count). The van der Waals surface area contributed by atoms with Gasteiger partial charge in [-0.3, -0.25) is 4.79 Å². The molecule has 0 aliphatic carbocycles. The summed E-state index contributed by atoms with van der Waals surface area (Å²) in [5, 5.41) is 13.0. The molecule has 30 heavy (non-hydrogen) atoms. The molecule has 154 valence electrons. The largest absolute Gasteiger partial charge is 0.385 e. The highest BCUT2D eigenvalue weighted by Crippen LogP contribution is 2.41. The number of nitrogens with zero attached hydrogens (tertiary/aromatic N) is 4.